The highest BCUT2D eigenvalue weighted by Crippen LogP contribution is 2.47. The van der Waals surface area contributed by atoms with Gasteiger partial charge < -0.3 is 0 Å². The smallest absolute Gasteiger partial charge is 0.207 e. The van der Waals surface area contributed by atoms with E-state index in [9.17, 15) is 35.1 Å². The molecule has 0 atom stereocenters. The number of halogens is 10. The predicted molar refractivity (Wildman–Crippen MR) is 117 cm³/mol. The van der Waals surface area contributed by atoms with Crippen LogP contribution < -0.4 is 0 Å². The van der Waals surface area contributed by atoms with Crippen LogP contribution in [0.2, 0.25) is 0 Å². The van der Waals surface area contributed by atoms with Crippen LogP contribution in [0.3, 0.4) is 0 Å². The first kappa shape index (κ1) is 24.6. The van der Waals surface area contributed by atoms with Crippen LogP contribution in [0.15, 0.2) is 60.7 Å². The minimum absolute atomic E-state index is 0.000576. The molecule has 0 aliphatic rings. The lowest BCUT2D eigenvalue weighted by atomic mass is 9.85. The second-order valence-electron chi connectivity index (χ2n) is 8.12. The van der Waals surface area contributed by atoms with Gasteiger partial charge in [0, 0.05) is 5.56 Å². The van der Waals surface area contributed by atoms with Crippen molar-refractivity contribution in [3.05, 3.63) is 107 Å². The summed E-state index contributed by atoms with van der Waals surface area (Å²) in [5, 5.41) is -0.366. The molecule has 0 aliphatic carbocycles. The molecular formula is C27H10F10. The van der Waals surface area contributed by atoms with E-state index in [1.165, 1.54) is 30.3 Å². The summed E-state index contributed by atoms with van der Waals surface area (Å²) in [4.78, 5) is 0. The monoisotopic (exact) mass is 524 g/mol. The molecule has 0 aromatic heterocycles. The first-order valence-electron chi connectivity index (χ1n) is 10.4. The molecule has 0 bridgehead atoms. The number of benzene rings is 5. The fraction of sp³-hybridized carbons (Fsp3) is 0.0370. The van der Waals surface area contributed by atoms with Crippen molar-refractivity contribution < 1.29 is 43.9 Å². The fourth-order valence-corrected chi connectivity index (χ4v) is 4.48. The molecule has 0 amide bonds. The van der Waals surface area contributed by atoms with Crippen molar-refractivity contribution in [2.45, 2.75) is 6.18 Å². The van der Waals surface area contributed by atoms with Crippen molar-refractivity contribution in [2.75, 3.05) is 0 Å². The Labute approximate surface area is 201 Å². The zero-order chi connectivity index (χ0) is 26.8. The average Bonchev–Trinajstić information content (AvgIpc) is 2.83. The zero-order valence-corrected chi connectivity index (χ0v) is 18.1. The maximum absolute atomic E-state index is 15.1. The summed E-state index contributed by atoms with van der Waals surface area (Å²) in [5.41, 5.74) is -4.63. The Kier molecular flexibility index (Phi) is 5.65. The molecule has 0 heterocycles. The molecule has 5 aromatic carbocycles. The number of alkyl halides is 3. The van der Waals surface area contributed by atoms with E-state index in [1.54, 1.807) is 0 Å². The molecule has 0 nitrogen and oxygen atoms in total. The third-order valence-electron chi connectivity index (χ3n) is 5.99. The third kappa shape index (κ3) is 3.78. The summed E-state index contributed by atoms with van der Waals surface area (Å²) < 4.78 is 141. The number of fused-ring (bicyclic) bond motifs is 2. The van der Waals surface area contributed by atoms with Crippen LogP contribution in [-0.2, 0) is 6.18 Å². The van der Waals surface area contributed by atoms with Crippen molar-refractivity contribution in [3.63, 3.8) is 0 Å². The molecule has 0 fully saturated rings. The van der Waals surface area contributed by atoms with Crippen molar-refractivity contribution in [1.29, 1.82) is 0 Å². The molecule has 188 valence electrons. The molecule has 0 aliphatic heterocycles. The van der Waals surface area contributed by atoms with Gasteiger partial charge in [0.2, 0.25) is 0 Å². The fourth-order valence-electron chi connectivity index (χ4n) is 4.48. The lowest BCUT2D eigenvalue weighted by Crippen LogP contribution is -2.16. The van der Waals surface area contributed by atoms with E-state index in [0.717, 1.165) is 30.3 Å². The number of rotatable bonds is 2. The number of hydrogen-bond donors (Lipinski definition) is 0. The summed E-state index contributed by atoms with van der Waals surface area (Å²) in [5.74, 6) is -13.3. The molecule has 0 spiro atoms. The topological polar surface area (TPSA) is 0 Å². The van der Waals surface area contributed by atoms with Gasteiger partial charge in [-0.05, 0) is 56.9 Å². The van der Waals surface area contributed by atoms with Gasteiger partial charge in [0.25, 0.3) is 0 Å². The Bertz CT molecular complexity index is 1710. The highest BCUT2D eigenvalue weighted by atomic mass is 19.4. The van der Waals surface area contributed by atoms with Gasteiger partial charge in [-0.1, -0.05) is 36.4 Å². The highest BCUT2D eigenvalue weighted by Gasteiger charge is 2.43. The van der Waals surface area contributed by atoms with E-state index in [1.807, 2.05) is 0 Å². The average molecular weight is 524 g/mol. The van der Waals surface area contributed by atoms with Crippen LogP contribution in [-0.4, -0.2) is 0 Å². The molecule has 5 aromatic rings. The summed E-state index contributed by atoms with van der Waals surface area (Å²) >= 11 is 0. The molecule has 0 N–H and O–H groups in total. The molecule has 0 saturated carbocycles. The second-order valence-corrected chi connectivity index (χ2v) is 8.12. The minimum atomic E-state index is -5.75. The van der Waals surface area contributed by atoms with Gasteiger partial charge in [-0.3, -0.25) is 0 Å². The molecule has 5 rings (SSSR count). The third-order valence-corrected chi connectivity index (χ3v) is 5.99. The van der Waals surface area contributed by atoms with Crippen LogP contribution in [0, 0.1) is 40.7 Å². The van der Waals surface area contributed by atoms with Gasteiger partial charge in [0.05, 0.1) is 5.56 Å². The first-order chi connectivity index (χ1) is 17.4. The van der Waals surface area contributed by atoms with Gasteiger partial charge >= 0.3 is 6.18 Å². The lowest BCUT2D eigenvalue weighted by Gasteiger charge is -2.20. The van der Waals surface area contributed by atoms with Crippen LogP contribution >= 0.6 is 0 Å². The quantitative estimate of drug-likeness (QED) is 0.123. The van der Waals surface area contributed by atoms with Crippen molar-refractivity contribution >= 4 is 21.5 Å². The van der Waals surface area contributed by atoms with Gasteiger partial charge in [-0.2, -0.15) is 13.2 Å². The van der Waals surface area contributed by atoms with E-state index in [0.29, 0.717) is 0 Å². The summed E-state index contributed by atoms with van der Waals surface area (Å²) in [6.45, 7) is 0. The van der Waals surface area contributed by atoms with Crippen molar-refractivity contribution in [1.82, 2.24) is 0 Å². The largest absolute Gasteiger partial charge is 0.422 e. The molecular weight excluding hydrogens is 514 g/mol. The molecule has 37 heavy (non-hydrogen) atoms. The van der Waals surface area contributed by atoms with E-state index < -0.39 is 63.6 Å². The van der Waals surface area contributed by atoms with Gasteiger partial charge in [0.15, 0.2) is 34.9 Å². The lowest BCUT2D eigenvalue weighted by molar-refractivity contribution is -0.143. The zero-order valence-electron chi connectivity index (χ0n) is 18.1. The Balaban J connectivity index is 2.02. The number of hydrogen-bond acceptors (Lipinski definition) is 0. The molecule has 10 heteroatoms. The Morgan fingerprint density at radius 1 is 0.459 bits per heavy atom. The van der Waals surface area contributed by atoms with Crippen molar-refractivity contribution in [3.8, 4) is 22.3 Å². The standard InChI is InChI=1S/C27H10F10/c28-12-6-7-15-16(10-12)20(21-23(31)25(33)22(27(35,36)37)26(34)24(21)32)14-4-2-1-3-13(14)19(15)11-5-8-17(29)18(30)9-11/h1-10H. The summed E-state index contributed by atoms with van der Waals surface area (Å²) in [6, 6.07) is 11.2. The van der Waals surface area contributed by atoms with Crippen LogP contribution in [0.1, 0.15) is 5.56 Å². The Hall–Kier alpha value is -4.08. The van der Waals surface area contributed by atoms with E-state index in [2.05, 4.69) is 0 Å². The van der Waals surface area contributed by atoms with Gasteiger partial charge in [0.1, 0.15) is 11.4 Å². The highest BCUT2D eigenvalue weighted by molar-refractivity contribution is 6.21. The first-order valence-corrected chi connectivity index (χ1v) is 10.4. The molecule has 0 saturated heterocycles. The van der Waals surface area contributed by atoms with Crippen LogP contribution in [0.5, 0.6) is 0 Å². The summed E-state index contributed by atoms with van der Waals surface area (Å²) in [7, 11) is 0. The Morgan fingerprint density at radius 2 is 1.03 bits per heavy atom. The maximum atomic E-state index is 15.1. The van der Waals surface area contributed by atoms with Crippen molar-refractivity contribution in [2.24, 2.45) is 0 Å². The van der Waals surface area contributed by atoms with Gasteiger partial charge in [-0.15, -0.1) is 0 Å². The molecule has 0 unspecified atom stereocenters. The van der Waals surface area contributed by atoms with E-state index >= 15 is 8.78 Å². The normalized spacial score (nSPS) is 12.1. The van der Waals surface area contributed by atoms with Crippen LogP contribution in [0.25, 0.3) is 43.8 Å². The SMILES string of the molecule is Fc1ccc2c(-c3ccc(F)c(F)c3)c3ccccc3c(-c3c(F)c(F)c(C(F)(F)F)c(F)c3F)c2c1. The van der Waals surface area contributed by atoms with E-state index in [-0.39, 0.29) is 32.7 Å². The van der Waals surface area contributed by atoms with Gasteiger partial charge in [-0.25, -0.2) is 30.7 Å². The molecule has 0 radical (unpaired) electrons. The van der Waals surface area contributed by atoms with E-state index in [4.69, 9.17) is 0 Å². The second kappa shape index (κ2) is 8.50. The maximum Gasteiger partial charge on any atom is 0.422 e. The Morgan fingerprint density at radius 3 is 1.59 bits per heavy atom. The minimum Gasteiger partial charge on any atom is -0.207 e. The van der Waals surface area contributed by atoms with Crippen LogP contribution in [0.4, 0.5) is 43.9 Å². The summed E-state index contributed by atoms with van der Waals surface area (Å²) in [6.07, 6.45) is -5.75. The predicted octanol–water partition coefficient (Wildman–Crippen LogP) is 9.32.